The molecule has 0 unspecified atom stereocenters. The van der Waals surface area contributed by atoms with E-state index in [1.165, 1.54) is 0 Å². The van der Waals surface area contributed by atoms with Crippen molar-refractivity contribution in [2.24, 2.45) is 11.8 Å². The molecule has 3 heterocycles. The lowest BCUT2D eigenvalue weighted by Crippen LogP contribution is -2.42. The van der Waals surface area contributed by atoms with Crippen LogP contribution in [-0.2, 0) is 19.1 Å². The molecule has 3 fully saturated rings. The second kappa shape index (κ2) is 2.80. The van der Waals surface area contributed by atoms with Gasteiger partial charge in [-0.2, -0.15) is 0 Å². The summed E-state index contributed by atoms with van der Waals surface area (Å²) in [6.07, 6.45) is -0.457. The second-order valence-electron chi connectivity index (χ2n) is 3.75. The number of cyclic esters (lactones) is 2. The first-order chi connectivity index (χ1) is 6.61. The summed E-state index contributed by atoms with van der Waals surface area (Å²) in [4.78, 5) is 22.9. The first-order valence-corrected chi connectivity index (χ1v) is 6.13. The van der Waals surface area contributed by atoms with Gasteiger partial charge in [-0.3, -0.25) is 9.59 Å². The molecule has 3 aliphatic heterocycles. The minimum atomic E-state index is -0.434. The summed E-state index contributed by atoms with van der Waals surface area (Å²) >= 11 is 6.91. The van der Waals surface area contributed by atoms with Crippen LogP contribution < -0.4 is 0 Å². The zero-order valence-corrected chi connectivity index (χ0v) is 10.0. The molecule has 6 heteroatoms. The van der Waals surface area contributed by atoms with Crippen molar-refractivity contribution in [3.8, 4) is 0 Å². The van der Waals surface area contributed by atoms with Crippen LogP contribution in [0.25, 0.3) is 0 Å². The van der Waals surface area contributed by atoms with Crippen molar-refractivity contribution in [3.05, 3.63) is 0 Å². The van der Waals surface area contributed by atoms with E-state index in [2.05, 4.69) is 36.6 Å². The third kappa shape index (κ3) is 0.919. The predicted molar refractivity (Wildman–Crippen MR) is 52.2 cm³/mol. The zero-order chi connectivity index (χ0) is 10.0. The third-order valence-electron chi connectivity index (χ3n) is 3.09. The van der Waals surface area contributed by atoms with Crippen LogP contribution in [-0.4, -0.2) is 33.8 Å². The van der Waals surface area contributed by atoms with E-state index in [4.69, 9.17) is 4.74 Å². The van der Waals surface area contributed by atoms with Gasteiger partial charge < -0.3 is 9.47 Å². The molecule has 0 radical (unpaired) electrons. The molecule has 0 aliphatic carbocycles. The molecular weight excluding hydrogens is 320 g/mol. The second-order valence-corrected chi connectivity index (χ2v) is 5.86. The van der Waals surface area contributed by atoms with E-state index >= 15 is 0 Å². The maximum Gasteiger partial charge on any atom is 0.320 e. The standard InChI is InChI=1S/C8H6Br2O4/c9-3-4(10)6-2-1(5(3)13-6)7(11)14-8(2)12/h1-6H/t1-,2+,3+,4-,5-,6+. The topological polar surface area (TPSA) is 52.6 Å². The van der Waals surface area contributed by atoms with Gasteiger partial charge in [0.1, 0.15) is 11.8 Å². The number of carbonyl (C=O) groups is 2. The van der Waals surface area contributed by atoms with E-state index < -0.39 is 23.8 Å². The quantitative estimate of drug-likeness (QED) is 0.372. The van der Waals surface area contributed by atoms with Gasteiger partial charge in [0.15, 0.2) is 0 Å². The summed E-state index contributed by atoms with van der Waals surface area (Å²) in [5.41, 5.74) is 0. The lowest BCUT2D eigenvalue weighted by atomic mass is 9.81. The molecule has 0 aromatic carbocycles. The highest BCUT2D eigenvalue weighted by molar-refractivity contribution is 9.12. The summed E-state index contributed by atoms with van der Waals surface area (Å²) in [6.45, 7) is 0. The lowest BCUT2D eigenvalue weighted by molar-refractivity contribution is -0.156. The van der Waals surface area contributed by atoms with Gasteiger partial charge in [0.05, 0.1) is 21.9 Å². The first-order valence-electron chi connectivity index (χ1n) is 4.30. The fourth-order valence-corrected chi connectivity index (χ4v) is 3.97. The molecule has 0 spiro atoms. The Hall–Kier alpha value is 0.0600. The van der Waals surface area contributed by atoms with Gasteiger partial charge in [0.25, 0.3) is 0 Å². The zero-order valence-electron chi connectivity index (χ0n) is 6.85. The number of halogens is 2. The van der Waals surface area contributed by atoms with Crippen molar-refractivity contribution in [2.45, 2.75) is 21.9 Å². The van der Waals surface area contributed by atoms with Crippen LogP contribution in [0.3, 0.4) is 0 Å². The number of alkyl halides is 2. The van der Waals surface area contributed by atoms with E-state index in [0.29, 0.717) is 0 Å². The first kappa shape index (κ1) is 9.30. The van der Waals surface area contributed by atoms with Crippen molar-refractivity contribution in [1.29, 1.82) is 0 Å². The third-order valence-corrected chi connectivity index (χ3v) is 5.98. The molecule has 3 aliphatic rings. The molecule has 0 aromatic heterocycles. The maximum absolute atomic E-state index is 11.3. The Morgan fingerprint density at radius 1 is 0.929 bits per heavy atom. The molecule has 3 rings (SSSR count). The fraction of sp³-hybridized carbons (Fsp3) is 0.750. The van der Waals surface area contributed by atoms with Crippen LogP contribution in [0, 0.1) is 11.8 Å². The summed E-state index contributed by atoms with van der Waals surface area (Å²) in [7, 11) is 0. The monoisotopic (exact) mass is 324 g/mol. The predicted octanol–water partition coefficient (Wildman–Crippen LogP) is 0.610. The Morgan fingerprint density at radius 3 is 1.79 bits per heavy atom. The van der Waals surface area contributed by atoms with Crippen molar-refractivity contribution < 1.29 is 19.1 Å². The fourth-order valence-electron chi connectivity index (χ4n) is 2.46. The van der Waals surface area contributed by atoms with Gasteiger partial charge in [-0.05, 0) is 0 Å². The average Bonchev–Trinajstić information content (AvgIpc) is 2.71. The van der Waals surface area contributed by atoms with Crippen LogP contribution in [0.2, 0.25) is 0 Å². The Balaban J connectivity index is 2.01. The largest absolute Gasteiger partial charge is 0.393 e. The Labute approximate surface area is 96.6 Å². The number of esters is 2. The number of rotatable bonds is 0. The summed E-state index contributed by atoms with van der Waals surface area (Å²) in [5, 5.41) is 0. The van der Waals surface area contributed by atoms with Gasteiger partial charge in [-0.1, -0.05) is 31.9 Å². The molecule has 0 saturated carbocycles. The van der Waals surface area contributed by atoms with Gasteiger partial charge >= 0.3 is 11.9 Å². The van der Waals surface area contributed by atoms with Crippen molar-refractivity contribution in [1.82, 2.24) is 0 Å². The molecule has 0 aromatic rings. The normalized spacial score (nSPS) is 55.0. The van der Waals surface area contributed by atoms with Gasteiger partial charge in [0.2, 0.25) is 0 Å². The summed E-state index contributed by atoms with van der Waals surface area (Å²) in [5.74, 6) is -1.66. The van der Waals surface area contributed by atoms with Crippen LogP contribution in [0.1, 0.15) is 0 Å². The number of hydrogen-bond donors (Lipinski definition) is 0. The van der Waals surface area contributed by atoms with E-state index in [9.17, 15) is 9.59 Å². The molecular formula is C8H6Br2O4. The average molecular weight is 326 g/mol. The van der Waals surface area contributed by atoms with E-state index in [1.54, 1.807) is 0 Å². The van der Waals surface area contributed by atoms with Gasteiger partial charge in [-0.15, -0.1) is 0 Å². The van der Waals surface area contributed by atoms with Crippen molar-refractivity contribution >= 4 is 43.8 Å². The van der Waals surface area contributed by atoms with Crippen LogP contribution in [0.5, 0.6) is 0 Å². The van der Waals surface area contributed by atoms with Crippen molar-refractivity contribution in [3.63, 3.8) is 0 Å². The maximum atomic E-state index is 11.3. The number of hydrogen-bond acceptors (Lipinski definition) is 4. The highest BCUT2D eigenvalue weighted by atomic mass is 79.9. The van der Waals surface area contributed by atoms with Crippen LogP contribution >= 0.6 is 31.9 Å². The molecule has 0 amide bonds. The Morgan fingerprint density at radius 2 is 1.36 bits per heavy atom. The SMILES string of the molecule is O=C1OC(=O)[C@H]2[C@H]3O[C@H]([C@H](Br)[C@@H]3Br)[C@@H]12. The highest BCUT2D eigenvalue weighted by Crippen LogP contribution is 2.52. The Bertz CT molecular complexity index is 301. The van der Waals surface area contributed by atoms with Gasteiger partial charge in [-0.25, -0.2) is 0 Å². The number of ether oxygens (including phenoxy) is 2. The van der Waals surface area contributed by atoms with E-state index in [1.807, 2.05) is 0 Å². The smallest absolute Gasteiger partial charge is 0.320 e. The summed E-state index contributed by atoms with van der Waals surface area (Å²) in [6, 6.07) is 0. The number of fused-ring (bicyclic) bond motifs is 5. The molecule has 2 bridgehead atoms. The molecule has 14 heavy (non-hydrogen) atoms. The summed E-state index contributed by atoms with van der Waals surface area (Å²) < 4.78 is 10.2. The highest BCUT2D eigenvalue weighted by Gasteiger charge is 2.67. The van der Waals surface area contributed by atoms with Gasteiger partial charge in [0, 0.05) is 0 Å². The minimum absolute atomic E-state index is 0.0761. The molecule has 76 valence electrons. The van der Waals surface area contributed by atoms with E-state index in [0.717, 1.165) is 0 Å². The number of carbonyl (C=O) groups excluding carboxylic acids is 2. The molecule has 3 saturated heterocycles. The van der Waals surface area contributed by atoms with Crippen molar-refractivity contribution in [2.75, 3.05) is 0 Å². The van der Waals surface area contributed by atoms with Crippen LogP contribution in [0.15, 0.2) is 0 Å². The molecule has 4 nitrogen and oxygen atoms in total. The van der Waals surface area contributed by atoms with Crippen LogP contribution in [0.4, 0.5) is 0 Å². The molecule has 0 N–H and O–H groups in total. The minimum Gasteiger partial charge on any atom is -0.393 e. The lowest BCUT2D eigenvalue weighted by Gasteiger charge is -2.23. The van der Waals surface area contributed by atoms with E-state index in [-0.39, 0.29) is 21.9 Å². The Kier molecular flexibility index (Phi) is 1.86. The molecule has 6 atom stereocenters.